The van der Waals surface area contributed by atoms with E-state index < -0.39 is 5.56 Å². The Kier molecular flexibility index (Phi) is 2.70. The fourth-order valence-electron chi connectivity index (χ4n) is 1.56. The maximum atomic E-state index is 11.6. The lowest BCUT2D eigenvalue weighted by molar-refractivity contribution is 0.318. The fourth-order valence-corrected chi connectivity index (χ4v) is 1.56. The molecule has 0 radical (unpaired) electrons. The van der Waals surface area contributed by atoms with Gasteiger partial charge in [-0.2, -0.15) is 0 Å². The first-order chi connectivity index (χ1) is 8.15. The van der Waals surface area contributed by atoms with Crippen molar-refractivity contribution in [3.05, 3.63) is 40.2 Å². The lowest BCUT2D eigenvalue weighted by Gasteiger charge is -2.04. The second kappa shape index (κ2) is 4.17. The number of aromatic nitrogens is 1. The Morgan fingerprint density at radius 2 is 2.24 bits per heavy atom. The van der Waals surface area contributed by atoms with Gasteiger partial charge in [-0.05, 0) is 24.3 Å². The number of H-pyrrole nitrogens is 1. The van der Waals surface area contributed by atoms with Gasteiger partial charge in [-0.3, -0.25) is 4.79 Å². The molecule has 2 rings (SSSR count). The first kappa shape index (κ1) is 11.0. The van der Waals surface area contributed by atoms with E-state index in [9.17, 15) is 4.79 Å². The van der Waals surface area contributed by atoms with E-state index in [4.69, 9.17) is 15.7 Å². The summed E-state index contributed by atoms with van der Waals surface area (Å²) in [6.07, 6.45) is 0. The van der Waals surface area contributed by atoms with Gasteiger partial charge in [-0.1, -0.05) is 5.16 Å². The Bertz CT molecular complexity index is 646. The van der Waals surface area contributed by atoms with Crippen LogP contribution in [0.25, 0.3) is 10.9 Å². The number of oxime groups is 1. The van der Waals surface area contributed by atoms with Gasteiger partial charge in [0.05, 0.1) is 12.7 Å². The van der Waals surface area contributed by atoms with Crippen LogP contribution in [0.2, 0.25) is 0 Å². The van der Waals surface area contributed by atoms with Crippen LogP contribution >= 0.6 is 0 Å². The second-order valence-corrected chi connectivity index (χ2v) is 3.45. The van der Waals surface area contributed by atoms with Crippen molar-refractivity contribution in [2.45, 2.75) is 0 Å². The zero-order valence-corrected chi connectivity index (χ0v) is 9.10. The van der Waals surface area contributed by atoms with E-state index in [1.807, 2.05) is 0 Å². The number of nitrogens with zero attached hydrogens (tertiary/aromatic N) is 1. The number of pyridine rings is 1. The van der Waals surface area contributed by atoms with Crippen LogP contribution in [-0.4, -0.2) is 23.1 Å². The van der Waals surface area contributed by atoms with Gasteiger partial charge in [-0.15, -0.1) is 0 Å². The van der Waals surface area contributed by atoms with Crippen LogP contribution in [0.4, 0.5) is 0 Å². The summed E-state index contributed by atoms with van der Waals surface area (Å²) >= 11 is 0. The van der Waals surface area contributed by atoms with E-state index >= 15 is 0 Å². The molecule has 0 fully saturated rings. The van der Waals surface area contributed by atoms with E-state index in [0.717, 1.165) is 5.39 Å². The number of ether oxygens (including phenoxy) is 1. The standard InChI is InChI=1S/C11H11N3O3/c1-17-7-2-3-9-6(4-7)5-8(10(12)14-16)11(15)13-9/h2-5,16H,1H3,(H2,12,14)(H,13,15). The molecule has 0 unspecified atom stereocenters. The quantitative estimate of drug-likeness (QED) is 0.306. The number of hydrogen-bond donors (Lipinski definition) is 3. The second-order valence-electron chi connectivity index (χ2n) is 3.45. The molecule has 0 atom stereocenters. The monoisotopic (exact) mass is 233 g/mol. The van der Waals surface area contributed by atoms with Crippen molar-refractivity contribution >= 4 is 16.7 Å². The number of hydrogen-bond acceptors (Lipinski definition) is 4. The molecule has 0 aliphatic carbocycles. The molecule has 1 aromatic carbocycles. The Labute approximate surface area is 96.3 Å². The van der Waals surface area contributed by atoms with Gasteiger partial charge in [0.15, 0.2) is 5.84 Å². The van der Waals surface area contributed by atoms with Crippen molar-refractivity contribution in [1.82, 2.24) is 4.98 Å². The molecule has 1 aromatic heterocycles. The number of nitrogens with one attached hydrogen (secondary N) is 1. The molecule has 88 valence electrons. The third-order valence-electron chi connectivity index (χ3n) is 2.44. The molecule has 0 aliphatic rings. The highest BCUT2D eigenvalue weighted by Gasteiger charge is 2.07. The van der Waals surface area contributed by atoms with Crippen molar-refractivity contribution in [1.29, 1.82) is 0 Å². The highest BCUT2D eigenvalue weighted by atomic mass is 16.5. The molecule has 1 heterocycles. The molecule has 0 saturated heterocycles. The predicted molar refractivity (Wildman–Crippen MR) is 63.6 cm³/mol. The van der Waals surface area contributed by atoms with E-state index in [1.165, 1.54) is 0 Å². The third-order valence-corrected chi connectivity index (χ3v) is 2.44. The SMILES string of the molecule is COc1ccc2[nH]c(=O)c(/C(N)=N\O)cc2c1. The number of nitrogens with two attached hydrogens (primary N) is 1. The maximum absolute atomic E-state index is 11.6. The summed E-state index contributed by atoms with van der Waals surface area (Å²) in [5.74, 6) is 0.436. The van der Waals surface area contributed by atoms with Crippen LogP contribution in [0.3, 0.4) is 0 Å². The molecule has 0 aliphatic heterocycles. The van der Waals surface area contributed by atoms with Crippen molar-refractivity contribution < 1.29 is 9.94 Å². The molecule has 0 amide bonds. The van der Waals surface area contributed by atoms with Gasteiger partial charge in [0, 0.05) is 10.9 Å². The van der Waals surface area contributed by atoms with Gasteiger partial charge in [0.2, 0.25) is 0 Å². The smallest absolute Gasteiger partial charge is 0.259 e. The predicted octanol–water partition coefficient (Wildman–Crippen LogP) is 0.631. The highest BCUT2D eigenvalue weighted by Crippen LogP contribution is 2.18. The van der Waals surface area contributed by atoms with Crippen molar-refractivity contribution in [3.63, 3.8) is 0 Å². The minimum atomic E-state index is -0.405. The summed E-state index contributed by atoms with van der Waals surface area (Å²) in [5, 5.41) is 12.1. The summed E-state index contributed by atoms with van der Waals surface area (Å²) in [6, 6.07) is 6.76. The molecular weight excluding hydrogens is 222 g/mol. The summed E-state index contributed by atoms with van der Waals surface area (Å²) in [6.45, 7) is 0. The zero-order valence-electron chi connectivity index (χ0n) is 9.10. The molecule has 0 saturated carbocycles. The lowest BCUT2D eigenvalue weighted by atomic mass is 10.1. The fraction of sp³-hybridized carbons (Fsp3) is 0.0909. The molecule has 0 spiro atoms. The van der Waals surface area contributed by atoms with Crippen LogP contribution in [0.1, 0.15) is 5.56 Å². The lowest BCUT2D eigenvalue weighted by Crippen LogP contribution is -2.24. The van der Waals surface area contributed by atoms with Crippen LogP contribution in [0.15, 0.2) is 34.2 Å². The van der Waals surface area contributed by atoms with Gasteiger partial charge in [0.1, 0.15) is 5.75 Å². The third kappa shape index (κ3) is 1.92. The van der Waals surface area contributed by atoms with Crippen molar-refractivity contribution in [2.24, 2.45) is 10.9 Å². The molecule has 4 N–H and O–H groups in total. The number of amidine groups is 1. The number of methoxy groups -OCH3 is 1. The van der Waals surface area contributed by atoms with Crippen molar-refractivity contribution in [2.75, 3.05) is 7.11 Å². The van der Waals surface area contributed by atoms with Gasteiger partial charge in [-0.25, -0.2) is 0 Å². The van der Waals surface area contributed by atoms with E-state index in [-0.39, 0.29) is 11.4 Å². The van der Waals surface area contributed by atoms with Gasteiger partial charge in [0.25, 0.3) is 5.56 Å². The summed E-state index contributed by atoms with van der Waals surface area (Å²) in [5.41, 5.74) is 5.78. The van der Waals surface area contributed by atoms with E-state index in [1.54, 1.807) is 31.4 Å². The minimum absolute atomic E-state index is 0.119. The van der Waals surface area contributed by atoms with Crippen LogP contribution in [-0.2, 0) is 0 Å². The summed E-state index contributed by atoms with van der Waals surface area (Å²) in [7, 11) is 1.55. The zero-order chi connectivity index (χ0) is 12.4. The topological polar surface area (TPSA) is 101 Å². The van der Waals surface area contributed by atoms with E-state index in [0.29, 0.717) is 11.3 Å². The number of rotatable bonds is 2. The number of aromatic amines is 1. The Morgan fingerprint density at radius 1 is 1.47 bits per heavy atom. The number of fused-ring (bicyclic) bond motifs is 1. The van der Waals surface area contributed by atoms with Crippen LogP contribution in [0, 0.1) is 0 Å². The normalized spacial score (nSPS) is 11.7. The number of benzene rings is 1. The first-order valence-corrected chi connectivity index (χ1v) is 4.84. The molecular formula is C11H11N3O3. The molecule has 2 aromatic rings. The van der Waals surface area contributed by atoms with Gasteiger partial charge < -0.3 is 20.7 Å². The largest absolute Gasteiger partial charge is 0.497 e. The minimum Gasteiger partial charge on any atom is -0.497 e. The van der Waals surface area contributed by atoms with Crippen LogP contribution < -0.4 is 16.0 Å². The average molecular weight is 233 g/mol. The molecule has 0 bridgehead atoms. The van der Waals surface area contributed by atoms with Crippen LogP contribution in [0.5, 0.6) is 5.75 Å². The average Bonchev–Trinajstić information content (AvgIpc) is 2.36. The maximum Gasteiger partial charge on any atom is 0.259 e. The van der Waals surface area contributed by atoms with E-state index in [2.05, 4.69) is 10.1 Å². The Morgan fingerprint density at radius 3 is 2.88 bits per heavy atom. The summed E-state index contributed by atoms with van der Waals surface area (Å²) < 4.78 is 5.08. The Hall–Kier alpha value is -2.50. The molecule has 6 heteroatoms. The van der Waals surface area contributed by atoms with Gasteiger partial charge >= 0.3 is 0 Å². The first-order valence-electron chi connectivity index (χ1n) is 4.84. The molecule has 6 nitrogen and oxygen atoms in total. The Balaban J connectivity index is 2.73. The summed E-state index contributed by atoms with van der Waals surface area (Å²) in [4.78, 5) is 14.3. The highest BCUT2D eigenvalue weighted by molar-refractivity contribution is 5.99. The molecule has 17 heavy (non-hydrogen) atoms. The van der Waals surface area contributed by atoms with Crippen molar-refractivity contribution in [3.8, 4) is 5.75 Å².